The van der Waals surface area contributed by atoms with Gasteiger partial charge in [-0.15, -0.1) is 0 Å². The quantitative estimate of drug-likeness (QED) is 0.173. The number of amides is 1. The van der Waals surface area contributed by atoms with Crippen molar-refractivity contribution < 1.29 is 29.3 Å². The molecule has 6 bridgehead atoms. The molecule has 5 N–H and O–H groups in total. The Kier molecular flexibility index (Phi) is 14.1. The molecule has 64 heavy (non-hydrogen) atoms. The number of nitrogens with one attached hydrogen (secondary N) is 1. The molecule has 2 aromatic rings. The van der Waals surface area contributed by atoms with Gasteiger partial charge >= 0.3 is 5.97 Å². The number of esters is 1. The summed E-state index contributed by atoms with van der Waals surface area (Å²) in [6, 6.07) is 12.6. The average molecular weight is 915 g/mol. The average Bonchev–Trinajstić information content (AvgIpc) is 4.05. The predicted molar refractivity (Wildman–Crippen MR) is 257 cm³/mol. The molecular formula is C52H74N4O6S2. The Bertz CT molecular complexity index is 2010. The fourth-order valence-electron chi connectivity index (χ4n) is 13.7. The van der Waals surface area contributed by atoms with E-state index in [1.165, 1.54) is 51.0 Å². The highest BCUT2D eigenvalue weighted by Gasteiger charge is 2.57. The zero-order valence-corrected chi connectivity index (χ0v) is 40.0. The van der Waals surface area contributed by atoms with Crippen molar-refractivity contribution in [2.45, 2.75) is 190 Å². The third-order valence-corrected chi connectivity index (χ3v) is 20.3. The first-order chi connectivity index (χ1) is 31.0. The summed E-state index contributed by atoms with van der Waals surface area (Å²) in [4.78, 5) is 33.9. The summed E-state index contributed by atoms with van der Waals surface area (Å²) in [6.07, 6.45) is 22.5. The fourth-order valence-corrected chi connectivity index (χ4v) is 17.2. The summed E-state index contributed by atoms with van der Waals surface area (Å²) in [5, 5.41) is 27.8. The van der Waals surface area contributed by atoms with Gasteiger partial charge in [-0.2, -0.15) is 0 Å². The van der Waals surface area contributed by atoms with Crippen LogP contribution >= 0.6 is 21.6 Å². The highest BCUT2D eigenvalue weighted by molar-refractivity contribution is 8.77. The van der Waals surface area contributed by atoms with E-state index in [0.29, 0.717) is 68.4 Å². The molecule has 8 aliphatic rings. The van der Waals surface area contributed by atoms with Crippen molar-refractivity contribution >= 4 is 39.4 Å². The molecule has 2 aromatic carbocycles. The number of aliphatic hydroxyl groups excluding tert-OH is 1. The van der Waals surface area contributed by atoms with E-state index in [2.05, 4.69) is 35.6 Å². The monoisotopic (exact) mass is 915 g/mol. The maximum absolute atomic E-state index is 14.3. The molecule has 7 unspecified atom stereocenters. The van der Waals surface area contributed by atoms with Gasteiger partial charge in [0.2, 0.25) is 5.91 Å². The number of guanidine groups is 1. The maximum atomic E-state index is 14.3. The van der Waals surface area contributed by atoms with Crippen LogP contribution < -0.4 is 15.8 Å². The van der Waals surface area contributed by atoms with Crippen LogP contribution in [0.15, 0.2) is 41.4 Å². The van der Waals surface area contributed by atoms with E-state index in [9.17, 15) is 19.8 Å². The molecule has 4 aliphatic heterocycles. The Morgan fingerprint density at radius 1 is 0.922 bits per heavy atom. The van der Waals surface area contributed by atoms with Crippen molar-refractivity contribution in [3.05, 3.63) is 58.7 Å². The summed E-state index contributed by atoms with van der Waals surface area (Å²) < 4.78 is 13.1. The normalized spacial score (nSPS) is 33.8. The second-order valence-electron chi connectivity index (χ2n) is 21.2. The maximum Gasteiger partial charge on any atom is 0.303 e. The number of ether oxygens (including phenoxy) is 2. The number of rotatable bonds is 3. The van der Waals surface area contributed by atoms with Crippen LogP contribution in [0.25, 0.3) is 0 Å². The van der Waals surface area contributed by atoms with E-state index in [4.69, 9.17) is 20.2 Å². The number of carbonyl (C=O) groups excluding carboxylic acids is 2. The largest absolute Gasteiger partial charge is 0.504 e. The third-order valence-electron chi connectivity index (χ3n) is 17.0. The first kappa shape index (κ1) is 46.0. The van der Waals surface area contributed by atoms with Gasteiger partial charge < -0.3 is 35.6 Å². The molecule has 1 amide bonds. The summed E-state index contributed by atoms with van der Waals surface area (Å²) in [5.74, 6) is 2.74. The smallest absolute Gasteiger partial charge is 0.303 e. The van der Waals surface area contributed by atoms with Crippen LogP contribution in [-0.2, 0) is 40.1 Å². The van der Waals surface area contributed by atoms with Crippen LogP contribution in [-0.4, -0.2) is 74.5 Å². The zero-order valence-electron chi connectivity index (χ0n) is 38.4. The number of phenolic OH excluding ortho intramolecular Hbond substituents is 1. The van der Waals surface area contributed by atoms with Gasteiger partial charge in [0.05, 0.1) is 6.10 Å². The van der Waals surface area contributed by atoms with Gasteiger partial charge in [-0.1, -0.05) is 77.6 Å². The van der Waals surface area contributed by atoms with E-state index < -0.39 is 11.7 Å². The lowest BCUT2D eigenvalue weighted by atomic mass is 9.72. The second-order valence-corrected chi connectivity index (χ2v) is 24.0. The molecule has 2 spiro atoms. The Morgan fingerprint density at radius 2 is 1.73 bits per heavy atom. The number of hydrogen-bond acceptors (Lipinski definition) is 11. The van der Waals surface area contributed by atoms with E-state index in [0.717, 1.165) is 100 Å². The minimum atomic E-state index is -0.762. The lowest BCUT2D eigenvalue weighted by Gasteiger charge is -2.44. The zero-order chi connectivity index (χ0) is 44.4. The topological polar surface area (TPSA) is 147 Å². The van der Waals surface area contributed by atoms with Crippen molar-refractivity contribution in [2.24, 2.45) is 33.4 Å². The molecule has 0 aromatic heterocycles. The first-order valence-corrected chi connectivity index (χ1v) is 27.4. The number of aromatic hydroxyl groups is 1. The van der Waals surface area contributed by atoms with Crippen LogP contribution in [0.4, 0.5) is 0 Å². The van der Waals surface area contributed by atoms with Crippen molar-refractivity contribution in [3.63, 3.8) is 0 Å². The summed E-state index contributed by atoms with van der Waals surface area (Å²) in [5.41, 5.74) is 10.0. The predicted octanol–water partition coefficient (Wildman–Crippen LogP) is 9.93. The van der Waals surface area contributed by atoms with E-state index >= 15 is 0 Å². The Hall–Kier alpha value is -3.09. The molecule has 4 saturated carbocycles. The highest BCUT2D eigenvalue weighted by atomic mass is 33.1. The van der Waals surface area contributed by atoms with Crippen LogP contribution in [0.1, 0.15) is 164 Å². The lowest BCUT2D eigenvalue weighted by molar-refractivity contribution is -0.168. The lowest BCUT2D eigenvalue weighted by Crippen LogP contribution is -2.55. The SMILES string of the molecule is CC(=O)OC12CCc3cc(c(O)c4c3CCC3CCCC3O4)CN3CC(Cc4ccccc4)(CCN=C(N)NC4(CCCC45CCCC5)SSCCCCCC(CC1)C(O)C2)CC3=O. The summed E-state index contributed by atoms with van der Waals surface area (Å²) in [7, 11) is 4.00. The van der Waals surface area contributed by atoms with Crippen molar-refractivity contribution in [1.29, 1.82) is 0 Å². The van der Waals surface area contributed by atoms with Crippen molar-refractivity contribution in [1.82, 2.24) is 10.2 Å². The number of nitrogens with zero attached hydrogens (tertiary/aromatic N) is 2. The molecule has 10 nitrogen and oxygen atoms in total. The number of hydrogen-bond donors (Lipinski definition) is 4. The van der Waals surface area contributed by atoms with Crippen LogP contribution in [0.3, 0.4) is 0 Å². The minimum absolute atomic E-state index is 0.0705. The number of phenols is 1. The number of benzene rings is 2. The van der Waals surface area contributed by atoms with Gasteiger partial charge in [-0.05, 0) is 145 Å². The number of aliphatic imine (C=N–C) groups is 1. The number of nitrogens with two attached hydrogens (primary N) is 1. The molecule has 5 fully saturated rings. The molecule has 0 radical (unpaired) electrons. The number of aliphatic hydroxyl groups is 1. The molecule has 7 atom stereocenters. The number of carbonyl (C=O) groups is 2. The van der Waals surface area contributed by atoms with Crippen LogP contribution in [0.5, 0.6) is 11.5 Å². The molecule has 4 heterocycles. The van der Waals surface area contributed by atoms with Crippen LogP contribution in [0, 0.1) is 22.7 Å². The fraction of sp³-hybridized carbons (Fsp3) is 0.712. The van der Waals surface area contributed by atoms with Crippen LogP contribution in [0.2, 0.25) is 0 Å². The molecular weight excluding hydrogens is 841 g/mol. The van der Waals surface area contributed by atoms with Gasteiger partial charge in [0, 0.05) is 67.1 Å². The van der Waals surface area contributed by atoms with Crippen molar-refractivity contribution in [2.75, 3.05) is 18.8 Å². The summed E-state index contributed by atoms with van der Waals surface area (Å²) >= 11 is 0. The minimum Gasteiger partial charge on any atom is -0.504 e. The Morgan fingerprint density at radius 3 is 2.55 bits per heavy atom. The van der Waals surface area contributed by atoms with Gasteiger partial charge in [0.1, 0.15) is 16.6 Å². The highest BCUT2D eigenvalue weighted by Crippen LogP contribution is 2.63. The third kappa shape index (κ3) is 9.81. The number of fused-ring (bicyclic) bond motifs is 14. The van der Waals surface area contributed by atoms with Gasteiger partial charge in [-0.3, -0.25) is 14.6 Å². The molecule has 10 rings (SSSR count). The molecule has 12 heteroatoms. The molecule has 350 valence electrons. The standard InChI is InChI=1S/C52H74N4O6S2/c1-36(57)62-51-25-19-38(43(58)32-51)14-6-3-9-29-63-64-52(24-11-23-50(52)21-7-8-22-50)55-48(53)54-28-27-49(31-37-12-4-2-5-13-37)33-45(59)56(35-49)34-41-30-40(20-26-51)42-18-17-39-15-10-16-44(39)61-47(42)46(41)60/h2,4-5,12-13,30,38-39,43-44,58,60H,3,6-11,14-29,31-35H2,1H3,(H3,53,54,55). The van der Waals surface area contributed by atoms with Crippen molar-refractivity contribution in [3.8, 4) is 11.5 Å². The van der Waals surface area contributed by atoms with Gasteiger partial charge in [0.15, 0.2) is 17.5 Å². The van der Waals surface area contributed by atoms with Gasteiger partial charge in [0.25, 0.3) is 0 Å². The van der Waals surface area contributed by atoms with E-state index in [1.807, 2.05) is 32.6 Å². The molecule has 4 aliphatic carbocycles. The van der Waals surface area contributed by atoms with Gasteiger partial charge in [-0.25, -0.2) is 0 Å². The Labute approximate surface area is 389 Å². The summed E-state index contributed by atoms with van der Waals surface area (Å²) in [6.45, 7) is 2.84. The Balaban J connectivity index is 1.04. The van der Waals surface area contributed by atoms with E-state index in [1.54, 1.807) is 0 Å². The first-order valence-electron chi connectivity index (χ1n) is 25.1. The number of aryl methyl sites for hydroxylation is 1. The second kappa shape index (κ2) is 19.6. The molecule has 1 saturated heterocycles. The van der Waals surface area contributed by atoms with E-state index in [-0.39, 0.29) is 51.9 Å².